The third-order valence-electron chi connectivity index (χ3n) is 4.07. The second-order valence-corrected chi connectivity index (χ2v) is 6.30. The Labute approximate surface area is 134 Å². The maximum atomic E-state index is 5.62. The lowest BCUT2D eigenvalue weighted by molar-refractivity contribution is 0.322. The summed E-state index contributed by atoms with van der Waals surface area (Å²) in [4.78, 5) is 11.6. The molecule has 1 saturated carbocycles. The summed E-state index contributed by atoms with van der Waals surface area (Å²) >= 11 is 0. The first kappa shape index (κ1) is 17.0. The Kier molecular flexibility index (Phi) is 6.90. The monoisotopic (exact) mass is 306 g/mol. The Bertz CT molecular complexity index is 444. The van der Waals surface area contributed by atoms with Gasteiger partial charge in [-0.2, -0.15) is 4.98 Å². The van der Waals surface area contributed by atoms with E-state index < -0.39 is 0 Å². The number of anilines is 1. The Morgan fingerprint density at radius 3 is 2.68 bits per heavy atom. The minimum atomic E-state index is 0.497. The summed E-state index contributed by atoms with van der Waals surface area (Å²) in [6.45, 7) is 4.63. The first-order valence-corrected chi connectivity index (χ1v) is 8.59. The van der Waals surface area contributed by atoms with Crippen LogP contribution in [0.4, 0.5) is 5.82 Å². The van der Waals surface area contributed by atoms with Crippen LogP contribution in [0.15, 0.2) is 6.07 Å². The summed E-state index contributed by atoms with van der Waals surface area (Å²) in [5.74, 6) is 3.06. The third kappa shape index (κ3) is 5.44. The molecule has 1 aliphatic rings. The van der Waals surface area contributed by atoms with Gasteiger partial charge in [0, 0.05) is 18.5 Å². The van der Waals surface area contributed by atoms with E-state index in [0.717, 1.165) is 31.2 Å². The Balaban J connectivity index is 2.02. The standard InChI is InChI=1S/C17H30N4O/c1-4-22-16-13-15(18-11-8-12-21(2)3)19-17(20-16)14-9-6-5-7-10-14/h13-14H,4-12H2,1-3H3,(H,18,19,20). The number of hydrogen-bond donors (Lipinski definition) is 1. The number of ether oxygens (including phenoxy) is 1. The molecule has 0 bridgehead atoms. The van der Waals surface area contributed by atoms with Crippen LogP contribution in [0, 0.1) is 0 Å². The highest BCUT2D eigenvalue weighted by atomic mass is 16.5. The van der Waals surface area contributed by atoms with Crippen molar-refractivity contribution in [2.24, 2.45) is 0 Å². The zero-order valence-electron chi connectivity index (χ0n) is 14.3. The van der Waals surface area contributed by atoms with Gasteiger partial charge < -0.3 is 15.0 Å². The quantitative estimate of drug-likeness (QED) is 0.747. The molecule has 0 aliphatic heterocycles. The third-order valence-corrected chi connectivity index (χ3v) is 4.07. The molecule has 22 heavy (non-hydrogen) atoms. The number of rotatable bonds is 8. The van der Waals surface area contributed by atoms with E-state index in [1.54, 1.807) is 0 Å². The topological polar surface area (TPSA) is 50.3 Å². The summed E-state index contributed by atoms with van der Waals surface area (Å²) in [6, 6.07) is 1.92. The van der Waals surface area contributed by atoms with Crippen LogP contribution in [0.25, 0.3) is 0 Å². The van der Waals surface area contributed by atoms with Crippen LogP contribution in [0.2, 0.25) is 0 Å². The van der Waals surface area contributed by atoms with Gasteiger partial charge in [0.1, 0.15) is 11.6 Å². The maximum absolute atomic E-state index is 5.62. The maximum Gasteiger partial charge on any atom is 0.218 e. The number of aromatic nitrogens is 2. The van der Waals surface area contributed by atoms with Gasteiger partial charge in [0.15, 0.2) is 0 Å². The molecule has 0 radical (unpaired) electrons. The van der Waals surface area contributed by atoms with Crippen molar-refractivity contribution in [2.75, 3.05) is 39.1 Å². The summed E-state index contributed by atoms with van der Waals surface area (Å²) in [6.07, 6.45) is 7.43. The average Bonchev–Trinajstić information content (AvgIpc) is 2.52. The van der Waals surface area contributed by atoms with Gasteiger partial charge in [-0.15, -0.1) is 0 Å². The molecule has 1 aromatic rings. The zero-order chi connectivity index (χ0) is 15.8. The fourth-order valence-corrected chi connectivity index (χ4v) is 2.91. The lowest BCUT2D eigenvalue weighted by Crippen LogP contribution is -2.17. The molecule has 1 aromatic heterocycles. The summed E-state index contributed by atoms with van der Waals surface area (Å²) < 4.78 is 5.62. The van der Waals surface area contributed by atoms with Crippen LogP contribution in [0.3, 0.4) is 0 Å². The SMILES string of the molecule is CCOc1cc(NCCCN(C)C)nc(C2CCCCC2)n1. The molecule has 0 unspecified atom stereocenters. The van der Waals surface area contributed by atoms with Crippen LogP contribution in [0.1, 0.15) is 57.2 Å². The van der Waals surface area contributed by atoms with Crippen LogP contribution >= 0.6 is 0 Å². The van der Waals surface area contributed by atoms with Crippen molar-refractivity contribution in [3.63, 3.8) is 0 Å². The van der Waals surface area contributed by atoms with Crippen LogP contribution in [-0.2, 0) is 0 Å². The van der Waals surface area contributed by atoms with E-state index in [9.17, 15) is 0 Å². The first-order valence-electron chi connectivity index (χ1n) is 8.59. The highest BCUT2D eigenvalue weighted by Gasteiger charge is 2.19. The van der Waals surface area contributed by atoms with Crippen molar-refractivity contribution < 1.29 is 4.74 Å². The lowest BCUT2D eigenvalue weighted by Gasteiger charge is -2.21. The largest absolute Gasteiger partial charge is 0.478 e. The Hall–Kier alpha value is -1.36. The zero-order valence-corrected chi connectivity index (χ0v) is 14.3. The van der Waals surface area contributed by atoms with Crippen molar-refractivity contribution in [3.05, 3.63) is 11.9 Å². The van der Waals surface area contributed by atoms with Gasteiger partial charge in [-0.3, -0.25) is 0 Å². The van der Waals surface area contributed by atoms with E-state index in [4.69, 9.17) is 9.72 Å². The van der Waals surface area contributed by atoms with E-state index in [-0.39, 0.29) is 0 Å². The summed E-state index contributed by atoms with van der Waals surface area (Å²) in [7, 11) is 4.19. The van der Waals surface area contributed by atoms with Gasteiger partial charge in [0.05, 0.1) is 6.61 Å². The Morgan fingerprint density at radius 1 is 1.23 bits per heavy atom. The summed E-state index contributed by atoms with van der Waals surface area (Å²) in [5.41, 5.74) is 0. The van der Waals surface area contributed by atoms with Gasteiger partial charge in [0.25, 0.3) is 0 Å². The number of nitrogens with one attached hydrogen (secondary N) is 1. The van der Waals surface area contributed by atoms with Crippen molar-refractivity contribution in [1.29, 1.82) is 0 Å². The van der Waals surface area contributed by atoms with Gasteiger partial charge in [-0.25, -0.2) is 4.98 Å². The molecule has 1 aliphatic carbocycles. The molecule has 0 spiro atoms. The first-order chi connectivity index (χ1) is 10.7. The molecule has 1 heterocycles. The normalized spacial score (nSPS) is 16.0. The van der Waals surface area contributed by atoms with Crippen LogP contribution in [-0.4, -0.2) is 48.7 Å². The molecule has 0 amide bonds. The molecular weight excluding hydrogens is 276 g/mol. The molecule has 1 fully saturated rings. The van der Waals surface area contributed by atoms with Crippen molar-refractivity contribution in [2.45, 2.75) is 51.4 Å². The average molecular weight is 306 g/mol. The lowest BCUT2D eigenvalue weighted by atomic mass is 9.89. The molecule has 5 nitrogen and oxygen atoms in total. The number of hydrogen-bond acceptors (Lipinski definition) is 5. The highest BCUT2D eigenvalue weighted by molar-refractivity contribution is 5.39. The highest BCUT2D eigenvalue weighted by Crippen LogP contribution is 2.32. The van der Waals surface area contributed by atoms with Crippen LogP contribution < -0.4 is 10.1 Å². The van der Waals surface area contributed by atoms with Gasteiger partial charge in [-0.05, 0) is 46.8 Å². The molecule has 0 atom stereocenters. The molecule has 2 rings (SSSR count). The molecular formula is C17H30N4O. The van der Waals surface area contributed by atoms with E-state index in [1.165, 1.54) is 32.1 Å². The predicted octanol–water partition coefficient (Wildman–Crippen LogP) is 3.29. The number of nitrogens with zero attached hydrogens (tertiary/aromatic N) is 3. The van der Waals surface area contributed by atoms with E-state index in [0.29, 0.717) is 18.4 Å². The molecule has 0 aromatic carbocycles. The van der Waals surface area contributed by atoms with Gasteiger partial charge >= 0.3 is 0 Å². The molecule has 124 valence electrons. The van der Waals surface area contributed by atoms with E-state index >= 15 is 0 Å². The molecule has 1 N–H and O–H groups in total. The van der Waals surface area contributed by atoms with E-state index in [1.807, 2.05) is 13.0 Å². The van der Waals surface area contributed by atoms with Crippen molar-refractivity contribution in [1.82, 2.24) is 14.9 Å². The summed E-state index contributed by atoms with van der Waals surface area (Å²) in [5, 5.41) is 3.42. The molecule has 5 heteroatoms. The smallest absolute Gasteiger partial charge is 0.218 e. The van der Waals surface area contributed by atoms with Gasteiger partial charge in [0.2, 0.25) is 5.88 Å². The van der Waals surface area contributed by atoms with Crippen molar-refractivity contribution >= 4 is 5.82 Å². The Morgan fingerprint density at radius 2 is 2.00 bits per heavy atom. The minimum Gasteiger partial charge on any atom is -0.478 e. The fourth-order valence-electron chi connectivity index (χ4n) is 2.91. The second kappa shape index (κ2) is 8.93. The molecule has 0 saturated heterocycles. The second-order valence-electron chi connectivity index (χ2n) is 6.30. The van der Waals surface area contributed by atoms with Gasteiger partial charge in [-0.1, -0.05) is 19.3 Å². The fraction of sp³-hybridized carbons (Fsp3) is 0.765. The minimum absolute atomic E-state index is 0.497. The van der Waals surface area contributed by atoms with Crippen LogP contribution in [0.5, 0.6) is 5.88 Å². The predicted molar refractivity (Wildman–Crippen MR) is 90.7 cm³/mol. The van der Waals surface area contributed by atoms with Crippen molar-refractivity contribution in [3.8, 4) is 5.88 Å². The van der Waals surface area contributed by atoms with E-state index in [2.05, 4.69) is 29.3 Å².